The summed E-state index contributed by atoms with van der Waals surface area (Å²) in [6, 6.07) is 10.1. The van der Waals surface area contributed by atoms with E-state index >= 15 is 0 Å². The lowest BCUT2D eigenvalue weighted by Gasteiger charge is -2.15. The molecule has 0 saturated heterocycles. The number of rotatable bonds is 4. The molecule has 4 rings (SSSR count). The van der Waals surface area contributed by atoms with Crippen molar-refractivity contribution in [2.75, 3.05) is 27.6 Å². The van der Waals surface area contributed by atoms with Crippen LogP contribution in [-0.2, 0) is 13.0 Å². The van der Waals surface area contributed by atoms with Crippen molar-refractivity contribution in [3.05, 3.63) is 47.0 Å². The molecule has 0 aromatic heterocycles. The number of methoxy groups -OCH3 is 2. The van der Waals surface area contributed by atoms with Crippen LogP contribution in [0.3, 0.4) is 0 Å². The lowest BCUT2D eigenvalue weighted by Crippen LogP contribution is -3.00. The quantitative estimate of drug-likeness (QED) is 0.650. The number of para-hydroxylation sites is 1. The van der Waals surface area contributed by atoms with Gasteiger partial charge in [0.05, 0.1) is 19.8 Å². The summed E-state index contributed by atoms with van der Waals surface area (Å²) in [6.45, 7) is 2.03. The van der Waals surface area contributed by atoms with Crippen molar-refractivity contribution in [3.63, 3.8) is 0 Å². The third-order valence-electron chi connectivity index (χ3n) is 4.48. The average molecular weight is 406 g/mol. The summed E-state index contributed by atoms with van der Waals surface area (Å²) < 4.78 is 24.2. The van der Waals surface area contributed by atoms with E-state index in [4.69, 9.17) is 18.9 Å². The number of benzene rings is 2. The van der Waals surface area contributed by atoms with Crippen molar-refractivity contribution >= 4 is 6.21 Å². The van der Waals surface area contributed by atoms with Crippen LogP contribution in [0.2, 0.25) is 0 Å². The second kappa shape index (κ2) is 7.35. The number of fused-ring (bicyclic) bond motifs is 2. The van der Waals surface area contributed by atoms with Gasteiger partial charge in [-0.1, -0.05) is 6.07 Å². The minimum Gasteiger partial charge on any atom is -1.00 e. The minimum absolute atomic E-state index is 0. The van der Waals surface area contributed by atoms with Crippen LogP contribution in [0, 0.1) is 0 Å². The van der Waals surface area contributed by atoms with Crippen LogP contribution >= 0.6 is 0 Å². The summed E-state index contributed by atoms with van der Waals surface area (Å²) in [5, 5.41) is 0. The number of hydrogen-bond acceptors (Lipinski definition) is 4. The predicted molar refractivity (Wildman–Crippen MR) is 89.8 cm³/mol. The Kier molecular flexibility index (Phi) is 5.18. The molecule has 0 N–H and O–H groups in total. The molecular weight excluding hydrogens is 386 g/mol. The fourth-order valence-corrected chi connectivity index (χ4v) is 3.28. The Morgan fingerprint density at radius 2 is 1.88 bits per heavy atom. The van der Waals surface area contributed by atoms with Crippen molar-refractivity contribution in [1.82, 2.24) is 0 Å². The molecule has 0 bridgehead atoms. The Hall–Kier alpha value is -2.21. The summed E-state index contributed by atoms with van der Waals surface area (Å²) in [5.41, 5.74) is 3.60. The first-order valence-corrected chi connectivity index (χ1v) is 8.00. The van der Waals surface area contributed by atoms with Crippen molar-refractivity contribution in [3.8, 4) is 23.0 Å². The Morgan fingerprint density at radius 1 is 1.08 bits per heavy atom. The van der Waals surface area contributed by atoms with E-state index < -0.39 is 0 Å². The van der Waals surface area contributed by atoms with Gasteiger partial charge in [0, 0.05) is 12.0 Å². The van der Waals surface area contributed by atoms with E-state index in [1.165, 1.54) is 11.1 Å². The molecule has 2 aromatic carbocycles. The molecule has 0 atom stereocenters. The highest BCUT2D eigenvalue weighted by Crippen LogP contribution is 2.36. The maximum Gasteiger partial charge on any atom is 0.231 e. The van der Waals surface area contributed by atoms with E-state index in [2.05, 4.69) is 29.0 Å². The zero-order valence-electron chi connectivity index (χ0n) is 14.3. The molecule has 0 unspecified atom stereocenters. The summed E-state index contributed by atoms with van der Waals surface area (Å²) in [6.07, 6.45) is 3.16. The Balaban J connectivity index is 0.00000182. The van der Waals surface area contributed by atoms with Crippen LogP contribution < -0.4 is 35.9 Å². The Labute approximate surface area is 157 Å². The average Bonchev–Trinajstić information content (AvgIpc) is 3.06. The molecule has 2 aliphatic rings. The number of halogens is 1. The van der Waals surface area contributed by atoms with Gasteiger partial charge in [0.25, 0.3) is 0 Å². The van der Waals surface area contributed by atoms with Crippen molar-refractivity contribution in [1.29, 1.82) is 0 Å². The maximum absolute atomic E-state index is 5.54. The van der Waals surface area contributed by atoms with Gasteiger partial charge >= 0.3 is 0 Å². The normalized spacial score (nSPS) is 14.2. The fourth-order valence-electron chi connectivity index (χ4n) is 3.28. The molecule has 0 aliphatic carbocycles. The topological polar surface area (TPSA) is 39.9 Å². The molecule has 2 heterocycles. The van der Waals surface area contributed by atoms with Crippen LogP contribution in [-0.4, -0.2) is 38.3 Å². The van der Waals surface area contributed by atoms with Crippen LogP contribution in [0.1, 0.15) is 16.7 Å². The van der Waals surface area contributed by atoms with Gasteiger partial charge in [-0.3, -0.25) is 0 Å². The third-order valence-corrected chi connectivity index (χ3v) is 4.48. The molecule has 5 nitrogen and oxygen atoms in total. The molecule has 0 fully saturated rings. The molecule has 0 spiro atoms. The summed E-state index contributed by atoms with van der Waals surface area (Å²) in [4.78, 5) is 0. The predicted octanol–water partition coefficient (Wildman–Crippen LogP) is -0.376. The largest absolute Gasteiger partial charge is 1.00 e. The lowest BCUT2D eigenvalue weighted by atomic mass is 10.0. The zero-order chi connectivity index (χ0) is 16.5. The third kappa shape index (κ3) is 3.31. The van der Waals surface area contributed by atoms with E-state index in [0.717, 1.165) is 48.1 Å². The lowest BCUT2D eigenvalue weighted by molar-refractivity contribution is -0.540. The number of nitrogens with zero attached hydrogens (tertiary/aromatic N) is 1. The minimum atomic E-state index is 0. The van der Waals surface area contributed by atoms with E-state index in [9.17, 15) is 0 Å². The van der Waals surface area contributed by atoms with Crippen molar-refractivity contribution in [2.45, 2.75) is 13.0 Å². The first-order chi connectivity index (χ1) is 11.8. The first kappa shape index (κ1) is 17.6. The highest BCUT2D eigenvalue weighted by molar-refractivity contribution is 5.80. The van der Waals surface area contributed by atoms with E-state index in [1.807, 2.05) is 12.1 Å². The second-order valence-corrected chi connectivity index (χ2v) is 5.91. The van der Waals surface area contributed by atoms with Gasteiger partial charge < -0.3 is 35.9 Å². The highest BCUT2D eigenvalue weighted by Gasteiger charge is 2.23. The van der Waals surface area contributed by atoms with Crippen molar-refractivity contribution < 1.29 is 40.5 Å². The molecule has 25 heavy (non-hydrogen) atoms. The molecule has 0 amide bonds. The van der Waals surface area contributed by atoms with Crippen molar-refractivity contribution in [2.24, 2.45) is 0 Å². The van der Waals surface area contributed by atoms with Crippen LogP contribution in [0.4, 0.5) is 0 Å². The summed E-state index contributed by atoms with van der Waals surface area (Å²) in [5.74, 6) is 3.23. The van der Waals surface area contributed by atoms with Gasteiger partial charge in [-0.25, -0.2) is 4.58 Å². The first-order valence-electron chi connectivity index (χ1n) is 8.00. The zero-order valence-corrected chi connectivity index (χ0v) is 15.8. The smallest absolute Gasteiger partial charge is 0.231 e. The molecular formula is C19H20BrNO4. The summed E-state index contributed by atoms with van der Waals surface area (Å²) in [7, 11) is 3.34. The van der Waals surface area contributed by atoms with Gasteiger partial charge in [-0.15, -0.1) is 0 Å². The highest BCUT2D eigenvalue weighted by atomic mass is 79.9. The van der Waals surface area contributed by atoms with Gasteiger partial charge in [-0.2, -0.15) is 0 Å². The summed E-state index contributed by atoms with van der Waals surface area (Å²) >= 11 is 0. The maximum atomic E-state index is 5.54. The second-order valence-electron chi connectivity index (χ2n) is 5.91. The van der Waals surface area contributed by atoms with Gasteiger partial charge in [0.15, 0.2) is 35.8 Å². The monoisotopic (exact) mass is 405 g/mol. The van der Waals surface area contributed by atoms with Gasteiger partial charge in [-0.05, 0) is 29.8 Å². The van der Waals surface area contributed by atoms with Crippen LogP contribution in [0.25, 0.3) is 0 Å². The number of hydrogen-bond donors (Lipinski definition) is 0. The molecule has 6 heteroatoms. The molecule has 2 aliphatic heterocycles. The van der Waals surface area contributed by atoms with Crippen LogP contribution in [0.5, 0.6) is 23.0 Å². The van der Waals surface area contributed by atoms with Gasteiger partial charge in [0.2, 0.25) is 6.79 Å². The molecule has 2 aromatic rings. The molecule has 132 valence electrons. The van der Waals surface area contributed by atoms with Crippen LogP contribution in [0.15, 0.2) is 30.3 Å². The molecule has 0 radical (unpaired) electrons. The Bertz CT molecular complexity index is 819. The van der Waals surface area contributed by atoms with E-state index in [-0.39, 0.29) is 17.0 Å². The number of ether oxygens (including phenoxy) is 4. The van der Waals surface area contributed by atoms with E-state index in [1.54, 1.807) is 14.2 Å². The van der Waals surface area contributed by atoms with Gasteiger partial charge in [0.1, 0.15) is 6.54 Å². The van der Waals surface area contributed by atoms with E-state index in [0.29, 0.717) is 6.79 Å². The standard InChI is InChI=1S/C19H20NO4.BrH/c1-21-16-5-3-4-14(19(16)22-2)10-20-7-6-13-8-17-18(24-12-23-17)9-15(13)11-20;/h3-5,8-9,11H,6-7,10,12H2,1-2H3;1H/q+1;/p-1. The molecule has 0 saturated carbocycles. The SMILES string of the molecule is COc1cccc(C[N+]2=Cc3cc4c(cc3CC2)OCO4)c1OC.[Br-]. The Morgan fingerprint density at radius 3 is 2.64 bits per heavy atom. The fraction of sp³-hybridized carbons (Fsp3) is 0.316.